The van der Waals surface area contributed by atoms with Crippen LogP contribution in [0.3, 0.4) is 0 Å². The molecule has 2 heterocycles. The molecule has 0 bridgehead atoms. The van der Waals surface area contributed by atoms with Crippen molar-refractivity contribution in [1.29, 1.82) is 0 Å². The zero-order valence-corrected chi connectivity index (χ0v) is 14.3. The Balaban J connectivity index is 1.98. The first kappa shape index (κ1) is 19.2. The summed E-state index contributed by atoms with van der Waals surface area (Å²) in [5.74, 6) is -0.859. The lowest BCUT2D eigenvalue weighted by Gasteiger charge is -2.23. The molecule has 1 atom stereocenters. The van der Waals surface area contributed by atoms with Gasteiger partial charge in [-0.2, -0.15) is 13.2 Å². The highest BCUT2D eigenvalue weighted by Crippen LogP contribution is 2.27. The summed E-state index contributed by atoms with van der Waals surface area (Å²) in [7, 11) is 0.858. The second-order valence-electron chi connectivity index (χ2n) is 6.07. The molecular weight excluding hydrogens is 372 g/mol. The topological polar surface area (TPSA) is 62.5 Å². The summed E-state index contributed by atoms with van der Waals surface area (Å²) in [6.07, 6.45) is -2.95. The van der Waals surface area contributed by atoms with Crippen LogP contribution < -0.4 is 16.0 Å². The number of hydrogen-bond acceptors (Lipinski definition) is 4. The van der Waals surface area contributed by atoms with Crippen molar-refractivity contribution < 1.29 is 27.0 Å². The van der Waals surface area contributed by atoms with E-state index in [1.807, 2.05) is 0 Å². The molecule has 0 N–H and O–H groups in total. The number of ether oxygens (including phenoxy) is 2. The van der Waals surface area contributed by atoms with E-state index in [1.165, 1.54) is 6.07 Å². The predicted molar refractivity (Wildman–Crippen MR) is 86.5 cm³/mol. The van der Waals surface area contributed by atoms with Gasteiger partial charge in [0.1, 0.15) is 11.4 Å². The molecular formula is C17H16F4N2O4. The van der Waals surface area contributed by atoms with Gasteiger partial charge >= 0.3 is 11.9 Å². The Labute approximate surface area is 150 Å². The molecule has 1 fully saturated rings. The van der Waals surface area contributed by atoms with E-state index in [4.69, 9.17) is 9.47 Å². The molecule has 1 aromatic heterocycles. The highest BCUT2D eigenvalue weighted by Gasteiger charge is 2.35. The molecule has 3 rings (SSSR count). The molecule has 1 aliphatic heterocycles. The second-order valence-corrected chi connectivity index (χ2v) is 6.07. The number of benzene rings is 1. The van der Waals surface area contributed by atoms with Crippen LogP contribution in [-0.4, -0.2) is 22.0 Å². The lowest BCUT2D eigenvalue weighted by atomic mass is 10.2. The van der Waals surface area contributed by atoms with Gasteiger partial charge in [0.25, 0.3) is 5.56 Å². The molecule has 1 aromatic carbocycles. The summed E-state index contributed by atoms with van der Waals surface area (Å²) in [6.45, 7) is 0.530. The average molecular weight is 388 g/mol. The van der Waals surface area contributed by atoms with E-state index in [0.717, 1.165) is 32.0 Å². The molecule has 0 spiro atoms. The van der Waals surface area contributed by atoms with Crippen LogP contribution >= 0.6 is 0 Å². The van der Waals surface area contributed by atoms with Crippen LogP contribution in [0.2, 0.25) is 0 Å². The van der Waals surface area contributed by atoms with Crippen molar-refractivity contribution in [2.75, 3.05) is 6.61 Å². The fraction of sp³-hybridized carbons (Fsp3) is 0.412. The van der Waals surface area contributed by atoms with Crippen molar-refractivity contribution in [2.45, 2.75) is 31.7 Å². The van der Waals surface area contributed by atoms with E-state index >= 15 is 0 Å². The minimum absolute atomic E-state index is 0.125. The van der Waals surface area contributed by atoms with Gasteiger partial charge in [0.2, 0.25) is 0 Å². The fourth-order valence-electron chi connectivity index (χ4n) is 2.82. The minimum Gasteiger partial charge on any atom is -0.465 e. The maximum Gasteiger partial charge on any atom is 0.431 e. The van der Waals surface area contributed by atoms with Crippen molar-refractivity contribution in [1.82, 2.24) is 9.13 Å². The van der Waals surface area contributed by atoms with Gasteiger partial charge in [-0.05, 0) is 25.0 Å². The maximum absolute atomic E-state index is 14.5. The Kier molecular flexibility index (Phi) is 5.09. The van der Waals surface area contributed by atoms with Gasteiger partial charge in [0.05, 0.1) is 12.3 Å². The van der Waals surface area contributed by atoms with Crippen molar-refractivity contribution in [3.63, 3.8) is 0 Å². The van der Waals surface area contributed by atoms with Gasteiger partial charge in [-0.25, -0.2) is 13.8 Å². The molecule has 0 aliphatic carbocycles. The van der Waals surface area contributed by atoms with Crippen LogP contribution in [-0.2, 0) is 18.0 Å². The Hall–Kier alpha value is -2.62. The fourth-order valence-corrected chi connectivity index (χ4v) is 2.82. The first-order chi connectivity index (χ1) is 12.7. The van der Waals surface area contributed by atoms with Gasteiger partial charge in [-0.15, -0.1) is 0 Å². The first-order valence-electron chi connectivity index (χ1n) is 8.17. The summed E-state index contributed by atoms with van der Waals surface area (Å²) in [4.78, 5) is 24.3. The molecule has 2 aromatic rings. The molecule has 1 unspecified atom stereocenters. The van der Waals surface area contributed by atoms with Gasteiger partial charge in [-0.1, -0.05) is 0 Å². The van der Waals surface area contributed by atoms with Crippen LogP contribution in [0, 0.1) is 5.82 Å². The van der Waals surface area contributed by atoms with E-state index in [0.29, 0.717) is 17.6 Å². The monoisotopic (exact) mass is 388 g/mol. The SMILES string of the molecule is Cn1c(C(F)(F)F)cc(=O)n(-c2ccc(OC3CCCCO3)cc2F)c1=O. The molecule has 1 saturated heterocycles. The minimum atomic E-state index is -4.89. The Bertz CT molecular complexity index is 959. The number of alkyl halides is 3. The normalized spacial score (nSPS) is 17.7. The summed E-state index contributed by atoms with van der Waals surface area (Å²) >= 11 is 0. The number of aromatic nitrogens is 2. The molecule has 0 amide bonds. The number of halogens is 4. The van der Waals surface area contributed by atoms with Crippen LogP contribution in [0.4, 0.5) is 17.6 Å². The van der Waals surface area contributed by atoms with Gasteiger partial charge in [0, 0.05) is 25.6 Å². The Morgan fingerprint density at radius 2 is 1.93 bits per heavy atom. The molecule has 10 heteroatoms. The smallest absolute Gasteiger partial charge is 0.431 e. The number of rotatable bonds is 3. The zero-order valence-electron chi connectivity index (χ0n) is 14.3. The van der Waals surface area contributed by atoms with Crippen molar-refractivity contribution in [3.8, 4) is 11.4 Å². The third kappa shape index (κ3) is 3.90. The van der Waals surface area contributed by atoms with Crippen molar-refractivity contribution >= 4 is 0 Å². The summed E-state index contributed by atoms with van der Waals surface area (Å²) in [6, 6.07) is 3.63. The third-order valence-electron chi connectivity index (χ3n) is 4.18. The summed E-state index contributed by atoms with van der Waals surface area (Å²) in [5.41, 5.74) is -4.47. The van der Waals surface area contributed by atoms with Crippen LogP contribution in [0.1, 0.15) is 25.0 Å². The lowest BCUT2D eigenvalue weighted by Crippen LogP contribution is -2.41. The Morgan fingerprint density at radius 1 is 1.19 bits per heavy atom. The third-order valence-corrected chi connectivity index (χ3v) is 4.18. The zero-order chi connectivity index (χ0) is 19.8. The van der Waals surface area contributed by atoms with E-state index in [-0.39, 0.29) is 16.4 Å². The molecule has 0 saturated carbocycles. The molecule has 1 aliphatic rings. The molecule has 0 radical (unpaired) electrons. The first-order valence-corrected chi connectivity index (χ1v) is 8.17. The van der Waals surface area contributed by atoms with E-state index < -0.39 is 40.9 Å². The summed E-state index contributed by atoms with van der Waals surface area (Å²) in [5, 5.41) is 0. The van der Waals surface area contributed by atoms with Crippen LogP contribution in [0.15, 0.2) is 33.9 Å². The van der Waals surface area contributed by atoms with Crippen molar-refractivity contribution in [2.24, 2.45) is 7.05 Å². The standard InChI is InChI=1S/C17H16F4N2O4/c1-22-13(17(19,20)21)9-14(24)23(16(22)25)12-6-5-10(8-11(12)18)27-15-4-2-3-7-26-15/h5-6,8-9,15H,2-4,7H2,1H3. The Morgan fingerprint density at radius 3 is 2.52 bits per heavy atom. The quantitative estimate of drug-likeness (QED) is 0.759. The number of nitrogens with zero attached hydrogens (tertiary/aromatic N) is 2. The molecule has 27 heavy (non-hydrogen) atoms. The molecule has 146 valence electrons. The largest absolute Gasteiger partial charge is 0.465 e. The van der Waals surface area contributed by atoms with E-state index in [2.05, 4.69) is 0 Å². The van der Waals surface area contributed by atoms with Crippen LogP contribution in [0.5, 0.6) is 5.75 Å². The highest BCUT2D eigenvalue weighted by molar-refractivity contribution is 5.39. The predicted octanol–water partition coefficient (Wildman–Crippen LogP) is 2.60. The van der Waals surface area contributed by atoms with Crippen LogP contribution in [0.25, 0.3) is 5.69 Å². The van der Waals surface area contributed by atoms with E-state index in [1.54, 1.807) is 0 Å². The molecule has 6 nitrogen and oxygen atoms in total. The van der Waals surface area contributed by atoms with Gasteiger partial charge < -0.3 is 9.47 Å². The van der Waals surface area contributed by atoms with Gasteiger partial charge in [-0.3, -0.25) is 9.36 Å². The summed E-state index contributed by atoms with van der Waals surface area (Å²) < 4.78 is 64.6. The number of hydrogen-bond donors (Lipinski definition) is 0. The highest BCUT2D eigenvalue weighted by atomic mass is 19.4. The van der Waals surface area contributed by atoms with Gasteiger partial charge in [0.15, 0.2) is 12.1 Å². The average Bonchev–Trinajstić information content (AvgIpc) is 2.60. The lowest BCUT2D eigenvalue weighted by molar-refractivity contribution is -0.144. The van der Waals surface area contributed by atoms with Crippen molar-refractivity contribution in [3.05, 3.63) is 56.6 Å². The van der Waals surface area contributed by atoms with E-state index in [9.17, 15) is 27.2 Å². The second kappa shape index (κ2) is 7.18. The maximum atomic E-state index is 14.5.